The summed E-state index contributed by atoms with van der Waals surface area (Å²) in [4.78, 5) is 20.1. The van der Waals surface area contributed by atoms with Gasteiger partial charge in [-0.2, -0.15) is 0 Å². The maximum atomic E-state index is 12.5. The molecule has 6 heteroatoms. The molecule has 0 radical (unpaired) electrons. The summed E-state index contributed by atoms with van der Waals surface area (Å²) in [6, 6.07) is 8.34. The van der Waals surface area contributed by atoms with E-state index in [1.807, 2.05) is 31.2 Å². The SMILES string of the molecule is COc1ccc(-c2nc(C)c(C(=O)NCCC3CCCN3C)s2)cc1. The normalized spacial score (nSPS) is 17.6. The zero-order valence-corrected chi connectivity index (χ0v) is 15.9. The number of rotatable bonds is 6. The van der Waals surface area contributed by atoms with Crippen LogP contribution in [0.3, 0.4) is 0 Å². The summed E-state index contributed by atoms with van der Waals surface area (Å²) in [7, 11) is 3.81. The Morgan fingerprint density at radius 1 is 1.40 bits per heavy atom. The molecule has 1 atom stereocenters. The molecule has 0 bridgehead atoms. The topological polar surface area (TPSA) is 54.5 Å². The monoisotopic (exact) mass is 359 g/mol. The molecule has 25 heavy (non-hydrogen) atoms. The molecule has 0 spiro atoms. The largest absolute Gasteiger partial charge is 0.497 e. The van der Waals surface area contributed by atoms with Crippen molar-refractivity contribution in [3.63, 3.8) is 0 Å². The van der Waals surface area contributed by atoms with Crippen LogP contribution in [0.4, 0.5) is 0 Å². The van der Waals surface area contributed by atoms with E-state index in [4.69, 9.17) is 4.74 Å². The number of aromatic nitrogens is 1. The number of carbonyl (C=O) groups is 1. The van der Waals surface area contributed by atoms with Crippen molar-refractivity contribution in [3.8, 4) is 16.3 Å². The number of nitrogens with zero attached hydrogens (tertiary/aromatic N) is 2. The third kappa shape index (κ3) is 4.19. The Kier molecular flexibility index (Phi) is 5.71. The highest BCUT2D eigenvalue weighted by Gasteiger charge is 2.21. The predicted octanol–water partition coefficient (Wildman–Crippen LogP) is 3.34. The molecule has 1 amide bonds. The van der Waals surface area contributed by atoms with E-state index in [1.165, 1.54) is 24.2 Å². The number of hydrogen-bond donors (Lipinski definition) is 1. The Balaban J connectivity index is 1.61. The Labute approximate surface area is 153 Å². The third-order valence-electron chi connectivity index (χ3n) is 4.77. The number of aryl methyl sites for hydroxylation is 1. The Hall–Kier alpha value is -1.92. The van der Waals surface area contributed by atoms with Crippen molar-refractivity contribution >= 4 is 17.2 Å². The fraction of sp³-hybridized carbons (Fsp3) is 0.474. The molecule has 134 valence electrons. The van der Waals surface area contributed by atoms with E-state index in [-0.39, 0.29) is 5.91 Å². The molecule has 5 nitrogen and oxygen atoms in total. The van der Waals surface area contributed by atoms with Crippen LogP contribution in [0, 0.1) is 6.92 Å². The van der Waals surface area contributed by atoms with Gasteiger partial charge in [0.25, 0.3) is 5.91 Å². The van der Waals surface area contributed by atoms with E-state index in [9.17, 15) is 4.79 Å². The summed E-state index contributed by atoms with van der Waals surface area (Å²) in [6.45, 7) is 3.77. The maximum Gasteiger partial charge on any atom is 0.263 e. The van der Waals surface area contributed by atoms with Gasteiger partial charge in [-0.15, -0.1) is 11.3 Å². The minimum absolute atomic E-state index is 0.0181. The zero-order valence-electron chi connectivity index (χ0n) is 15.0. The molecular formula is C19H25N3O2S. The number of thiazole rings is 1. The van der Waals surface area contributed by atoms with Gasteiger partial charge in [0.15, 0.2) is 0 Å². The van der Waals surface area contributed by atoms with Crippen molar-refractivity contribution in [1.29, 1.82) is 0 Å². The molecule has 1 aliphatic heterocycles. The van der Waals surface area contributed by atoms with Crippen molar-refractivity contribution in [1.82, 2.24) is 15.2 Å². The van der Waals surface area contributed by atoms with Crippen LogP contribution in [0.25, 0.3) is 10.6 Å². The molecule has 1 aromatic carbocycles. The maximum absolute atomic E-state index is 12.5. The summed E-state index contributed by atoms with van der Waals surface area (Å²) >= 11 is 1.44. The van der Waals surface area contributed by atoms with Crippen LogP contribution in [0.2, 0.25) is 0 Å². The van der Waals surface area contributed by atoms with Crippen molar-refractivity contribution in [3.05, 3.63) is 34.8 Å². The lowest BCUT2D eigenvalue weighted by atomic mass is 10.1. The first-order valence-corrected chi connectivity index (χ1v) is 9.50. The second-order valence-electron chi connectivity index (χ2n) is 6.48. The Morgan fingerprint density at radius 3 is 2.80 bits per heavy atom. The molecule has 1 fully saturated rings. The lowest BCUT2D eigenvalue weighted by Crippen LogP contribution is -2.31. The highest BCUT2D eigenvalue weighted by atomic mass is 32.1. The first-order chi connectivity index (χ1) is 12.1. The van der Waals surface area contributed by atoms with Crippen LogP contribution < -0.4 is 10.1 Å². The summed E-state index contributed by atoms with van der Waals surface area (Å²) in [6.07, 6.45) is 3.49. The molecule has 1 saturated heterocycles. The molecule has 3 rings (SSSR count). The molecule has 2 heterocycles. The van der Waals surface area contributed by atoms with Gasteiger partial charge in [-0.25, -0.2) is 4.98 Å². The lowest BCUT2D eigenvalue weighted by Gasteiger charge is -2.19. The smallest absolute Gasteiger partial charge is 0.263 e. The van der Waals surface area contributed by atoms with Crippen molar-refractivity contribution in [2.24, 2.45) is 0 Å². The minimum Gasteiger partial charge on any atom is -0.497 e. The fourth-order valence-electron chi connectivity index (χ4n) is 3.24. The zero-order chi connectivity index (χ0) is 17.8. The molecule has 0 aliphatic carbocycles. The van der Waals surface area contributed by atoms with E-state index >= 15 is 0 Å². The molecule has 1 unspecified atom stereocenters. The highest BCUT2D eigenvalue weighted by Crippen LogP contribution is 2.29. The summed E-state index contributed by atoms with van der Waals surface area (Å²) in [5.74, 6) is 0.794. The number of benzene rings is 1. The third-order valence-corrected chi connectivity index (χ3v) is 5.98. The van der Waals surface area contributed by atoms with E-state index in [2.05, 4.69) is 22.2 Å². The summed E-state index contributed by atoms with van der Waals surface area (Å²) < 4.78 is 5.18. The molecule has 1 N–H and O–H groups in total. The van der Waals surface area contributed by atoms with Gasteiger partial charge in [-0.05, 0) is 64.0 Å². The van der Waals surface area contributed by atoms with Crippen LogP contribution in [0.1, 0.15) is 34.6 Å². The van der Waals surface area contributed by atoms with Gasteiger partial charge in [-0.1, -0.05) is 0 Å². The number of hydrogen-bond acceptors (Lipinski definition) is 5. The number of ether oxygens (including phenoxy) is 1. The molecule has 1 aliphatic rings. The number of likely N-dealkylation sites (tertiary alicyclic amines) is 1. The van der Waals surface area contributed by atoms with E-state index in [0.29, 0.717) is 17.5 Å². The summed E-state index contributed by atoms with van der Waals surface area (Å²) in [5, 5.41) is 3.92. The van der Waals surface area contributed by atoms with Crippen LogP contribution in [-0.2, 0) is 0 Å². The van der Waals surface area contributed by atoms with Gasteiger partial charge < -0.3 is 15.0 Å². The number of amides is 1. The fourth-order valence-corrected chi connectivity index (χ4v) is 4.23. The van der Waals surface area contributed by atoms with Gasteiger partial charge >= 0.3 is 0 Å². The summed E-state index contributed by atoms with van der Waals surface area (Å²) in [5.41, 5.74) is 1.78. The van der Waals surface area contributed by atoms with E-state index < -0.39 is 0 Å². The molecule has 1 aromatic heterocycles. The minimum atomic E-state index is -0.0181. The average Bonchev–Trinajstić information content (AvgIpc) is 3.21. The van der Waals surface area contributed by atoms with Gasteiger partial charge in [0, 0.05) is 18.2 Å². The first-order valence-electron chi connectivity index (χ1n) is 8.69. The number of nitrogens with one attached hydrogen (secondary N) is 1. The average molecular weight is 359 g/mol. The van der Waals surface area contributed by atoms with Crippen LogP contribution in [-0.4, -0.2) is 49.1 Å². The van der Waals surface area contributed by atoms with Crippen molar-refractivity contribution in [2.45, 2.75) is 32.2 Å². The van der Waals surface area contributed by atoms with Gasteiger partial charge in [0.05, 0.1) is 12.8 Å². The molecular weight excluding hydrogens is 334 g/mol. The van der Waals surface area contributed by atoms with Crippen molar-refractivity contribution in [2.75, 3.05) is 27.2 Å². The second kappa shape index (κ2) is 7.97. The van der Waals surface area contributed by atoms with Crippen molar-refractivity contribution < 1.29 is 9.53 Å². The second-order valence-corrected chi connectivity index (χ2v) is 7.48. The lowest BCUT2D eigenvalue weighted by molar-refractivity contribution is 0.0953. The molecule has 0 saturated carbocycles. The Bertz CT molecular complexity index is 727. The predicted molar refractivity (Wildman–Crippen MR) is 101 cm³/mol. The first kappa shape index (κ1) is 17.9. The van der Waals surface area contributed by atoms with Gasteiger partial charge in [-0.3, -0.25) is 4.79 Å². The molecule has 2 aromatic rings. The van der Waals surface area contributed by atoms with E-state index in [1.54, 1.807) is 7.11 Å². The van der Waals surface area contributed by atoms with Gasteiger partial charge in [0.1, 0.15) is 15.6 Å². The quantitative estimate of drug-likeness (QED) is 0.859. The Morgan fingerprint density at radius 2 is 2.16 bits per heavy atom. The van der Waals surface area contributed by atoms with Gasteiger partial charge in [0.2, 0.25) is 0 Å². The number of methoxy groups -OCH3 is 1. The standard InChI is InChI=1S/C19H25N3O2S/c1-13-17(18(23)20-11-10-15-5-4-12-22(15)2)25-19(21-13)14-6-8-16(24-3)9-7-14/h6-9,15H,4-5,10-12H2,1-3H3,(H,20,23). The van der Waals surface area contributed by atoms with Crippen LogP contribution in [0.15, 0.2) is 24.3 Å². The highest BCUT2D eigenvalue weighted by molar-refractivity contribution is 7.17. The van der Waals surface area contributed by atoms with Crippen LogP contribution in [0.5, 0.6) is 5.75 Å². The number of carbonyl (C=O) groups excluding carboxylic acids is 1. The van der Waals surface area contributed by atoms with E-state index in [0.717, 1.165) is 35.0 Å². The van der Waals surface area contributed by atoms with Crippen LogP contribution >= 0.6 is 11.3 Å².